The van der Waals surface area contributed by atoms with Crippen LogP contribution >= 0.6 is 23.2 Å². The molecule has 0 aliphatic carbocycles. The van der Waals surface area contributed by atoms with E-state index in [-0.39, 0.29) is 5.57 Å². The van der Waals surface area contributed by atoms with E-state index < -0.39 is 5.91 Å². The second kappa shape index (κ2) is 8.42. The average Bonchev–Trinajstić information content (AvgIpc) is 3.16. The molecule has 0 atom stereocenters. The lowest BCUT2D eigenvalue weighted by molar-refractivity contribution is -0.112. The molecule has 0 saturated heterocycles. The molecule has 4 aromatic rings. The van der Waals surface area contributed by atoms with Crippen molar-refractivity contribution in [2.75, 3.05) is 5.32 Å². The summed E-state index contributed by atoms with van der Waals surface area (Å²) >= 11 is 11.9. The Kier molecular flexibility index (Phi) is 5.53. The summed E-state index contributed by atoms with van der Waals surface area (Å²) in [6.07, 6.45) is 1.51. The molecule has 0 radical (unpaired) electrons. The highest BCUT2D eigenvalue weighted by molar-refractivity contribution is 6.31. The van der Waals surface area contributed by atoms with E-state index in [9.17, 15) is 10.1 Å². The van der Waals surface area contributed by atoms with Crippen LogP contribution in [0.3, 0.4) is 0 Å². The molecule has 1 heterocycles. The monoisotopic (exact) mass is 433 g/mol. The summed E-state index contributed by atoms with van der Waals surface area (Å²) in [5, 5.41) is 18.1. The Morgan fingerprint density at radius 2 is 1.83 bits per heavy atom. The molecule has 30 heavy (non-hydrogen) atoms. The molecule has 1 amide bonds. The summed E-state index contributed by atoms with van der Waals surface area (Å²) in [6, 6.07) is 21.2. The third kappa shape index (κ3) is 4.20. The van der Waals surface area contributed by atoms with E-state index in [1.165, 1.54) is 6.08 Å². The first-order valence-corrected chi connectivity index (χ1v) is 9.63. The second-order valence-corrected chi connectivity index (χ2v) is 7.30. The van der Waals surface area contributed by atoms with Gasteiger partial charge < -0.3 is 9.84 Å². The van der Waals surface area contributed by atoms with Crippen LogP contribution < -0.4 is 5.32 Å². The maximum Gasteiger partial charge on any atom is 0.266 e. The fraction of sp³-hybridized carbons (Fsp3) is 0. The van der Waals surface area contributed by atoms with Gasteiger partial charge in [-0.15, -0.1) is 0 Å². The van der Waals surface area contributed by atoms with Crippen LogP contribution in [0, 0.1) is 11.3 Å². The standard InChI is InChI=1S/C23H13Cl2N3O2/c24-17-7-5-15(6-8-17)22-20-11-14(4-9-21(20)28-30-22)10-16(13-26)23(29)27-19-3-1-2-18(25)12-19/h1-12H,(H,27,29)/b16-10+. The molecule has 1 aromatic heterocycles. The number of carbonyl (C=O) groups excluding carboxylic acids is 1. The fourth-order valence-electron chi connectivity index (χ4n) is 2.94. The molecule has 1 N–H and O–H groups in total. The Morgan fingerprint density at radius 3 is 2.57 bits per heavy atom. The van der Waals surface area contributed by atoms with Crippen molar-refractivity contribution in [1.82, 2.24) is 5.16 Å². The Balaban J connectivity index is 1.66. The molecule has 3 aromatic carbocycles. The maximum absolute atomic E-state index is 12.5. The van der Waals surface area contributed by atoms with Gasteiger partial charge in [0.1, 0.15) is 17.2 Å². The van der Waals surface area contributed by atoms with Gasteiger partial charge in [-0.05, 0) is 66.2 Å². The number of nitriles is 1. The quantitative estimate of drug-likeness (QED) is 0.300. The van der Waals surface area contributed by atoms with Gasteiger partial charge in [0.25, 0.3) is 5.91 Å². The topological polar surface area (TPSA) is 78.9 Å². The number of hydrogen-bond acceptors (Lipinski definition) is 4. The first kappa shape index (κ1) is 19.7. The molecule has 0 aliphatic rings. The number of benzene rings is 3. The van der Waals surface area contributed by atoms with Gasteiger partial charge in [-0.25, -0.2) is 0 Å². The van der Waals surface area contributed by atoms with Crippen LogP contribution in [-0.4, -0.2) is 11.1 Å². The number of anilines is 1. The number of rotatable bonds is 4. The molecule has 4 rings (SSSR count). The molecule has 0 bridgehead atoms. The van der Waals surface area contributed by atoms with Crippen LogP contribution in [0.15, 0.2) is 76.8 Å². The average molecular weight is 434 g/mol. The largest absolute Gasteiger partial charge is 0.355 e. The molecule has 146 valence electrons. The molecule has 7 heteroatoms. The highest BCUT2D eigenvalue weighted by atomic mass is 35.5. The molecule has 0 unspecified atom stereocenters. The first-order chi connectivity index (χ1) is 14.5. The molecular formula is C23H13Cl2N3O2. The molecule has 0 aliphatic heterocycles. The number of aromatic nitrogens is 1. The second-order valence-electron chi connectivity index (χ2n) is 6.43. The third-order valence-corrected chi connectivity index (χ3v) is 4.85. The fourth-order valence-corrected chi connectivity index (χ4v) is 3.25. The lowest BCUT2D eigenvalue weighted by Crippen LogP contribution is -2.13. The van der Waals surface area contributed by atoms with Gasteiger partial charge in [0.05, 0.1) is 5.39 Å². The summed E-state index contributed by atoms with van der Waals surface area (Å²) in [7, 11) is 0. The smallest absolute Gasteiger partial charge is 0.266 e. The Labute approximate surface area is 182 Å². The predicted molar refractivity (Wildman–Crippen MR) is 118 cm³/mol. The number of nitrogens with zero attached hydrogens (tertiary/aromatic N) is 2. The van der Waals surface area contributed by atoms with Gasteiger partial charge >= 0.3 is 0 Å². The third-order valence-electron chi connectivity index (χ3n) is 4.37. The van der Waals surface area contributed by atoms with Crippen molar-refractivity contribution in [3.05, 3.63) is 87.9 Å². The Hall–Kier alpha value is -3.59. The molecule has 5 nitrogen and oxygen atoms in total. The van der Waals surface area contributed by atoms with E-state index in [0.29, 0.717) is 32.6 Å². The zero-order chi connectivity index (χ0) is 21.1. The van der Waals surface area contributed by atoms with Crippen LogP contribution in [0.5, 0.6) is 0 Å². The lowest BCUT2D eigenvalue weighted by atomic mass is 10.0. The van der Waals surface area contributed by atoms with E-state index in [0.717, 1.165) is 10.9 Å². The van der Waals surface area contributed by atoms with Crippen molar-refractivity contribution in [3.63, 3.8) is 0 Å². The Bertz CT molecular complexity index is 1320. The van der Waals surface area contributed by atoms with Crippen LogP contribution in [0.1, 0.15) is 5.56 Å². The van der Waals surface area contributed by atoms with Crippen LogP contribution in [0.4, 0.5) is 5.69 Å². The van der Waals surface area contributed by atoms with Gasteiger partial charge in [-0.2, -0.15) is 5.26 Å². The van der Waals surface area contributed by atoms with Crippen molar-refractivity contribution >= 4 is 51.8 Å². The zero-order valence-corrected chi connectivity index (χ0v) is 16.9. The molecule has 0 fully saturated rings. The molecule has 0 saturated carbocycles. The van der Waals surface area contributed by atoms with Gasteiger partial charge in [0.15, 0.2) is 5.76 Å². The minimum atomic E-state index is -0.525. The van der Waals surface area contributed by atoms with Crippen LogP contribution in [0.2, 0.25) is 10.0 Å². The van der Waals surface area contributed by atoms with Gasteiger partial charge in [-0.3, -0.25) is 4.79 Å². The summed E-state index contributed by atoms with van der Waals surface area (Å²) in [4.78, 5) is 12.5. The first-order valence-electron chi connectivity index (χ1n) is 8.87. The minimum Gasteiger partial charge on any atom is -0.355 e. The summed E-state index contributed by atoms with van der Waals surface area (Å²) in [6.45, 7) is 0. The van der Waals surface area contributed by atoms with Crippen molar-refractivity contribution in [2.45, 2.75) is 0 Å². The number of carbonyl (C=O) groups is 1. The van der Waals surface area contributed by atoms with Crippen LogP contribution in [0.25, 0.3) is 28.3 Å². The summed E-state index contributed by atoms with van der Waals surface area (Å²) < 4.78 is 5.49. The van der Waals surface area contributed by atoms with Gasteiger partial charge in [-0.1, -0.05) is 40.5 Å². The van der Waals surface area contributed by atoms with E-state index in [1.807, 2.05) is 24.3 Å². The zero-order valence-electron chi connectivity index (χ0n) is 15.4. The Morgan fingerprint density at radius 1 is 1.03 bits per heavy atom. The summed E-state index contributed by atoms with van der Waals surface area (Å²) in [5.41, 5.74) is 2.62. The number of fused-ring (bicyclic) bond motifs is 1. The molecule has 0 spiro atoms. The normalized spacial score (nSPS) is 11.3. The SMILES string of the molecule is N#C/C(=C\c1ccc2noc(-c3ccc(Cl)cc3)c2c1)C(=O)Nc1cccc(Cl)c1. The highest BCUT2D eigenvalue weighted by Gasteiger charge is 2.13. The number of halogens is 2. The highest BCUT2D eigenvalue weighted by Crippen LogP contribution is 2.30. The van der Waals surface area contributed by atoms with Crippen molar-refractivity contribution in [1.29, 1.82) is 5.26 Å². The van der Waals surface area contributed by atoms with E-state index >= 15 is 0 Å². The minimum absolute atomic E-state index is 0.0428. The van der Waals surface area contributed by atoms with E-state index in [2.05, 4.69) is 10.5 Å². The van der Waals surface area contributed by atoms with E-state index in [1.54, 1.807) is 48.5 Å². The van der Waals surface area contributed by atoms with Crippen molar-refractivity contribution < 1.29 is 9.32 Å². The number of nitrogens with one attached hydrogen (secondary N) is 1. The number of hydrogen-bond donors (Lipinski definition) is 1. The number of amides is 1. The molecular weight excluding hydrogens is 421 g/mol. The lowest BCUT2D eigenvalue weighted by Gasteiger charge is -2.05. The maximum atomic E-state index is 12.5. The van der Waals surface area contributed by atoms with Crippen molar-refractivity contribution in [3.8, 4) is 17.4 Å². The predicted octanol–water partition coefficient (Wildman–Crippen LogP) is 6.35. The van der Waals surface area contributed by atoms with Gasteiger partial charge in [0.2, 0.25) is 0 Å². The van der Waals surface area contributed by atoms with Crippen LogP contribution in [-0.2, 0) is 4.79 Å². The van der Waals surface area contributed by atoms with Crippen molar-refractivity contribution in [2.24, 2.45) is 0 Å². The van der Waals surface area contributed by atoms with Gasteiger partial charge in [0, 0.05) is 21.3 Å². The summed E-state index contributed by atoms with van der Waals surface area (Å²) in [5.74, 6) is 0.0573. The van der Waals surface area contributed by atoms with E-state index in [4.69, 9.17) is 27.7 Å².